The number of rotatable bonds is 12. The molecule has 0 spiro atoms. The highest BCUT2D eigenvalue weighted by atomic mass is 35.5. The number of alkyl halides is 3. The minimum Gasteiger partial charge on any atom is -0.497 e. The summed E-state index contributed by atoms with van der Waals surface area (Å²) >= 11 is 6.80. The van der Waals surface area contributed by atoms with Crippen molar-refractivity contribution < 1.29 is 32.3 Å². The number of aliphatic imine (C=N–C) groups is 1. The van der Waals surface area contributed by atoms with Crippen LogP contribution in [0.3, 0.4) is 0 Å². The second-order valence-corrected chi connectivity index (χ2v) is 12.5. The molecule has 4 aromatic rings. The van der Waals surface area contributed by atoms with E-state index < -0.39 is 23.4 Å². The number of piperazine rings is 1. The fourth-order valence-corrected chi connectivity index (χ4v) is 6.10. The molecule has 0 atom stereocenters. The number of nitrogens with zero attached hydrogens (tertiary/aromatic N) is 5. The van der Waals surface area contributed by atoms with Crippen molar-refractivity contribution in [3.63, 3.8) is 0 Å². The number of hydrogen-bond donors (Lipinski definition) is 3. The predicted molar refractivity (Wildman–Crippen MR) is 203 cm³/mol. The van der Waals surface area contributed by atoms with Crippen molar-refractivity contribution in [2.24, 2.45) is 10.7 Å². The fourth-order valence-electron chi connectivity index (χ4n) is 5.84. The van der Waals surface area contributed by atoms with Gasteiger partial charge < -0.3 is 30.9 Å². The van der Waals surface area contributed by atoms with Crippen LogP contribution >= 0.6 is 11.6 Å². The molecule has 3 amide bonds. The van der Waals surface area contributed by atoms with Gasteiger partial charge in [-0.2, -0.15) is 13.2 Å². The molecule has 54 heavy (non-hydrogen) atoms. The van der Waals surface area contributed by atoms with E-state index in [0.29, 0.717) is 72.2 Å². The average Bonchev–Trinajstić information content (AvgIpc) is 3.17. The van der Waals surface area contributed by atoms with Crippen LogP contribution < -0.4 is 26.0 Å². The third kappa shape index (κ3) is 9.33. The van der Waals surface area contributed by atoms with Crippen molar-refractivity contribution in [3.05, 3.63) is 102 Å². The maximum Gasteiger partial charge on any atom is 0.434 e. The van der Waals surface area contributed by atoms with Gasteiger partial charge in [0.1, 0.15) is 17.9 Å². The first-order valence-electron chi connectivity index (χ1n) is 16.9. The number of benzene rings is 3. The van der Waals surface area contributed by atoms with Gasteiger partial charge >= 0.3 is 6.18 Å². The van der Waals surface area contributed by atoms with Crippen molar-refractivity contribution in [1.29, 1.82) is 0 Å². The van der Waals surface area contributed by atoms with Crippen LogP contribution in [0.1, 0.15) is 24.5 Å². The van der Waals surface area contributed by atoms with Crippen LogP contribution in [0.25, 0.3) is 10.9 Å². The van der Waals surface area contributed by atoms with Gasteiger partial charge in [0.05, 0.1) is 23.9 Å². The first-order chi connectivity index (χ1) is 25.8. The van der Waals surface area contributed by atoms with E-state index in [1.165, 1.54) is 49.8 Å². The molecule has 1 aliphatic rings. The van der Waals surface area contributed by atoms with Crippen LogP contribution in [-0.2, 0) is 27.2 Å². The van der Waals surface area contributed by atoms with E-state index in [-0.39, 0.29) is 36.0 Å². The molecule has 5 rings (SSSR count). The van der Waals surface area contributed by atoms with Gasteiger partial charge in [-0.25, -0.2) is 15.0 Å². The fraction of sp³-hybridized carbons (Fsp3) is 0.263. The Labute approximate surface area is 314 Å². The van der Waals surface area contributed by atoms with Gasteiger partial charge in [0, 0.05) is 60.6 Å². The average molecular weight is 763 g/mol. The topological polar surface area (TPSA) is 155 Å². The smallest absolute Gasteiger partial charge is 0.434 e. The maximum atomic E-state index is 14.3. The standard InChI is InChI=1S/C38H38ClF3N8O4/c1-4-33(51)46-26-9-8-23(31(19-26)48-37(53)29(21-43)35(38(40,41)42)47-25-10-12-27(54-3)13-11-25)6-7-24-18-32-28(20-30(24)39)36(45-22-44-32)50-16-14-49(15-17-50)34(52)5-2/h5,8-13,18-22H,2,4,6-7,14-17,43H2,1,3H3,(H,46,51)(H,48,53). The van der Waals surface area contributed by atoms with Gasteiger partial charge in [-0.1, -0.05) is 31.2 Å². The molecule has 4 N–H and O–H groups in total. The summed E-state index contributed by atoms with van der Waals surface area (Å²) in [5.41, 5.74) is 5.53. The lowest BCUT2D eigenvalue weighted by molar-refractivity contribution is -0.126. The van der Waals surface area contributed by atoms with Crippen LogP contribution in [0.5, 0.6) is 5.75 Å². The summed E-state index contributed by atoms with van der Waals surface area (Å²) in [5.74, 6) is -0.492. The number of amides is 3. The number of halogens is 4. The second-order valence-electron chi connectivity index (χ2n) is 12.1. The zero-order valence-electron chi connectivity index (χ0n) is 29.5. The van der Waals surface area contributed by atoms with E-state index in [0.717, 1.165) is 10.9 Å². The zero-order chi connectivity index (χ0) is 39.0. The number of nitrogens with one attached hydrogen (secondary N) is 2. The SMILES string of the molecule is C=CC(=O)N1CCN(c2ncnc3cc(CCc4ccc(NC(=O)CC)cc4NC(=O)C(=CN)C(=Nc4ccc(OC)cc4)C(F)(F)F)c(Cl)cc23)CC1. The molecule has 3 aromatic carbocycles. The van der Waals surface area contributed by atoms with Crippen molar-refractivity contribution in [2.75, 3.05) is 48.8 Å². The molecular formula is C38H38ClF3N8O4. The molecule has 0 unspecified atom stereocenters. The Balaban J connectivity index is 1.41. The summed E-state index contributed by atoms with van der Waals surface area (Å²) in [7, 11) is 1.41. The van der Waals surface area contributed by atoms with E-state index >= 15 is 0 Å². The highest BCUT2D eigenvalue weighted by molar-refractivity contribution is 6.32. The van der Waals surface area contributed by atoms with Gasteiger partial charge in [0.2, 0.25) is 11.8 Å². The molecule has 1 saturated heterocycles. The molecule has 12 nitrogen and oxygen atoms in total. The number of anilines is 3. The van der Waals surface area contributed by atoms with E-state index in [1.807, 2.05) is 6.07 Å². The first-order valence-corrected chi connectivity index (χ1v) is 17.3. The van der Waals surface area contributed by atoms with E-state index in [4.69, 9.17) is 22.1 Å². The van der Waals surface area contributed by atoms with Crippen molar-refractivity contribution >= 4 is 68.8 Å². The van der Waals surface area contributed by atoms with Crippen LogP contribution in [0.2, 0.25) is 5.02 Å². The summed E-state index contributed by atoms with van der Waals surface area (Å²) in [6.45, 7) is 7.37. The number of ether oxygens (including phenoxy) is 1. The number of aryl methyl sites for hydroxylation is 2. The number of aromatic nitrogens is 2. The molecule has 2 heterocycles. The molecule has 0 bridgehead atoms. The summed E-state index contributed by atoms with van der Waals surface area (Å²) in [5, 5.41) is 6.44. The zero-order valence-corrected chi connectivity index (χ0v) is 30.3. The van der Waals surface area contributed by atoms with Crippen LogP contribution in [0.4, 0.5) is 36.1 Å². The molecule has 0 aliphatic carbocycles. The highest BCUT2D eigenvalue weighted by Gasteiger charge is 2.40. The Morgan fingerprint density at radius 1 is 1.00 bits per heavy atom. The maximum absolute atomic E-state index is 14.3. The summed E-state index contributed by atoms with van der Waals surface area (Å²) in [6, 6.07) is 13.9. The summed E-state index contributed by atoms with van der Waals surface area (Å²) < 4.78 is 48.1. The normalized spacial score (nSPS) is 13.8. The Hall–Kier alpha value is -5.96. The van der Waals surface area contributed by atoms with Gasteiger partial charge in [-0.05, 0) is 78.6 Å². The van der Waals surface area contributed by atoms with E-state index in [1.54, 1.807) is 30.0 Å². The number of carbonyl (C=O) groups is 3. The van der Waals surface area contributed by atoms with Crippen LogP contribution in [0, 0.1) is 0 Å². The monoisotopic (exact) mass is 762 g/mol. The largest absolute Gasteiger partial charge is 0.497 e. The molecule has 16 heteroatoms. The molecule has 282 valence electrons. The Morgan fingerprint density at radius 3 is 2.33 bits per heavy atom. The van der Waals surface area contributed by atoms with Crippen LogP contribution in [-0.4, -0.2) is 77.8 Å². The Morgan fingerprint density at radius 2 is 1.70 bits per heavy atom. The molecule has 0 radical (unpaired) electrons. The minimum atomic E-state index is -5.04. The Kier molecular flexibility index (Phi) is 12.5. The van der Waals surface area contributed by atoms with E-state index in [2.05, 4.69) is 37.1 Å². The van der Waals surface area contributed by atoms with Crippen molar-refractivity contribution in [2.45, 2.75) is 32.4 Å². The highest BCUT2D eigenvalue weighted by Crippen LogP contribution is 2.32. The van der Waals surface area contributed by atoms with Crippen molar-refractivity contribution in [3.8, 4) is 5.75 Å². The third-order valence-electron chi connectivity index (χ3n) is 8.72. The Bertz CT molecular complexity index is 2110. The number of nitrogens with two attached hydrogens (primary N) is 1. The van der Waals surface area contributed by atoms with Gasteiger partial charge in [0.15, 0.2) is 5.71 Å². The first kappa shape index (κ1) is 39.3. The summed E-state index contributed by atoms with van der Waals surface area (Å²) in [6.07, 6.45) is -0.915. The molecule has 0 saturated carbocycles. The lowest BCUT2D eigenvalue weighted by Gasteiger charge is -2.35. The van der Waals surface area contributed by atoms with Crippen LogP contribution in [0.15, 0.2) is 90.3 Å². The van der Waals surface area contributed by atoms with Gasteiger partial charge in [0.25, 0.3) is 5.91 Å². The molecule has 1 aromatic heterocycles. The third-order valence-corrected chi connectivity index (χ3v) is 9.07. The number of methoxy groups -OCH3 is 1. The lowest BCUT2D eigenvalue weighted by Crippen LogP contribution is -2.48. The van der Waals surface area contributed by atoms with Gasteiger partial charge in [-0.15, -0.1) is 0 Å². The second kappa shape index (κ2) is 17.2. The number of fused-ring (bicyclic) bond motifs is 1. The minimum absolute atomic E-state index is 0.0764. The number of carbonyl (C=O) groups excluding carboxylic acids is 3. The summed E-state index contributed by atoms with van der Waals surface area (Å²) in [4.78, 5) is 54.3. The van der Waals surface area contributed by atoms with Crippen molar-refractivity contribution in [1.82, 2.24) is 14.9 Å². The quantitative estimate of drug-likeness (QED) is 0.111. The lowest BCUT2D eigenvalue weighted by atomic mass is 10.0. The predicted octanol–water partition coefficient (Wildman–Crippen LogP) is 6.38. The van der Waals surface area contributed by atoms with E-state index in [9.17, 15) is 27.6 Å². The molecular weight excluding hydrogens is 725 g/mol. The van der Waals surface area contributed by atoms with Gasteiger partial charge in [-0.3, -0.25) is 14.4 Å². The number of hydrogen-bond acceptors (Lipinski definition) is 9. The molecule has 1 aliphatic heterocycles. The molecule has 1 fully saturated rings.